The topological polar surface area (TPSA) is 66.5 Å². The molecule has 0 bridgehead atoms. The smallest absolute Gasteiger partial charge is 0.252 e. The first kappa shape index (κ1) is 22.5. The lowest BCUT2D eigenvalue weighted by Gasteiger charge is -2.21. The molecule has 0 aromatic heterocycles. The molecular formula is C24H32N2O3S. The molecule has 162 valence electrons. The van der Waals surface area contributed by atoms with Gasteiger partial charge in [-0.05, 0) is 56.4 Å². The molecule has 1 atom stereocenters. The van der Waals surface area contributed by atoms with E-state index in [1.54, 1.807) is 16.4 Å². The summed E-state index contributed by atoms with van der Waals surface area (Å²) in [7, 11) is -3.60. The quantitative estimate of drug-likeness (QED) is 0.722. The number of hydrogen-bond acceptors (Lipinski definition) is 3. The van der Waals surface area contributed by atoms with Crippen LogP contribution in [0.5, 0.6) is 0 Å². The normalized spacial score (nSPS) is 16.6. The van der Waals surface area contributed by atoms with Gasteiger partial charge in [0, 0.05) is 18.7 Å². The molecule has 0 unspecified atom stereocenters. The second-order valence-corrected chi connectivity index (χ2v) is 10.1. The van der Waals surface area contributed by atoms with E-state index in [4.69, 9.17) is 0 Å². The van der Waals surface area contributed by atoms with Crippen LogP contribution in [0.1, 0.15) is 72.1 Å². The summed E-state index contributed by atoms with van der Waals surface area (Å²) in [4.78, 5) is 13.3. The third kappa shape index (κ3) is 5.10. The Morgan fingerprint density at radius 2 is 1.63 bits per heavy atom. The molecule has 1 aliphatic rings. The molecule has 1 N–H and O–H groups in total. The molecule has 3 rings (SSSR count). The Hall–Kier alpha value is -2.18. The molecule has 2 aromatic rings. The van der Waals surface area contributed by atoms with Crippen molar-refractivity contribution in [2.45, 2.75) is 63.8 Å². The number of nitrogens with zero attached hydrogens (tertiary/aromatic N) is 1. The van der Waals surface area contributed by atoms with Crippen molar-refractivity contribution in [2.24, 2.45) is 0 Å². The van der Waals surface area contributed by atoms with Crippen molar-refractivity contribution < 1.29 is 13.2 Å². The van der Waals surface area contributed by atoms with Gasteiger partial charge < -0.3 is 5.32 Å². The van der Waals surface area contributed by atoms with E-state index in [1.807, 2.05) is 45.0 Å². The maximum atomic E-state index is 13.2. The highest BCUT2D eigenvalue weighted by atomic mass is 32.2. The molecular weight excluding hydrogens is 396 g/mol. The third-order valence-corrected chi connectivity index (χ3v) is 7.74. The summed E-state index contributed by atoms with van der Waals surface area (Å²) in [5.74, 6) is -0.243. The van der Waals surface area contributed by atoms with Crippen LogP contribution in [-0.2, 0) is 10.0 Å². The first-order valence-corrected chi connectivity index (χ1v) is 12.2. The highest BCUT2D eigenvalue weighted by Gasteiger charge is 2.26. The molecule has 0 aliphatic carbocycles. The molecule has 6 heteroatoms. The number of amides is 1. The molecule has 2 aromatic carbocycles. The van der Waals surface area contributed by atoms with Crippen molar-refractivity contribution in [3.63, 3.8) is 0 Å². The SMILES string of the molecule is CC[C@@H](NC(=O)c1cc(S(=O)(=O)N2CCCCCC2)ccc1C)c1ccc(C)cc1. The van der Waals surface area contributed by atoms with Gasteiger partial charge in [-0.1, -0.05) is 55.7 Å². The van der Waals surface area contributed by atoms with E-state index in [0.29, 0.717) is 18.7 Å². The first-order chi connectivity index (χ1) is 14.3. The molecule has 1 fully saturated rings. The average molecular weight is 429 g/mol. The van der Waals surface area contributed by atoms with Gasteiger partial charge in [0.25, 0.3) is 5.91 Å². The zero-order chi connectivity index (χ0) is 21.7. The fourth-order valence-electron chi connectivity index (χ4n) is 3.89. The Labute approximate surface area is 180 Å². The van der Waals surface area contributed by atoms with E-state index in [-0.39, 0.29) is 16.8 Å². The molecule has 1 amide bonds. The van der Waals surface area contributed by atoms with Crippen LogP contribution in [0.25, 0.3) is 0 Å². The second-order valence-electron chi connectivity index (χ2n) is 8.14. The number of nitrogens with one attached hydrogen (secondary N) is 1. The zero-order valence-corrected chi connectivity index (χ0v) is 19.0. The predicted octanol–water partition coefficient (Wildman–Crippen LogP) is 4.75. The summed E-state index contributed by atoms with van der Waals surface area (Å²) in [6.45, 7) is 6.98. The molecule has 5 nitrogen and oxygen atoms in total. The number of benzene rings is 2. The van der Waals surface area contributed by atoms with Gasteiger partial charge >= 0.3 is 0 Å². The minimum atomic E-state index is -3.60. The second kappa shape index (κ2) is 9.75. The van der Waals surface area contributed by atoms with Gasteiger partial charge in [-0.15, -0.1) is 0 Å². The first-order valence-electron chi connectivity index (χ1n) is 10.8. The van der Waals surface area contributed by atoms with Gasteiger partial charge in [0.2, 0.25) is 10.0 Å². The number of rotatable bonds is 6. The van der Waals surface area contributed by atoms with Crippen molar-refractivity contribution in [2.75, 3.05) is 13.1 Å². The van der Waals surface area contributed by atoms with Crippen LogP contribution in [0.4, 0.5) is 0 Å². The van der Waals surface area contributed by atoms with Crippen LogP contribution in [0.2, 0.25) is 0 Å². The summed E-state index contributed by atoms with van der Waals surface area (Å²) in [6.07, 6.45) is 4.63. The number of aryl methyl sites for hydroxylation is 2. The molecule has 30 heavy (non-hydrogen) atoms. The third-order valence-electron chi connectivity index (χ3n) is 5.85. The fourth-order valence-corrected chi connectivity index (χ4v) is 5.44. The number of carbonyl (C=O) groups excluding carboxylic acids is 1. The van der Waals surface area contributed by atoms with Crippen LogP contribution in [-0.4, -0.2) is 31.7 Å². The van der Waals surface area contributed by atoms with Crippen molar-refractivity contribution >= 4 is 15.9 Å². The van der Waals surface area contributed by atoms with Crippen molar-refractivity contribution in [1.29, 1.82) is 0 Å². The summed E-state index contributed by atoms with van der Waals surface area (Å²) >= 11 is 0. The van der Waals surface area contributed by atoms with Crippen molar-refractivity contribution in [1.82, 2.24) is 9.62 Å². The van der Waals surface area contributed by atoms with E-state index < -0.39 is 10.0 Å². The van der Waals surface area contributed by atoms with E-state index in [1.165, 1.54) is 11.6 Å². The standard InChI is InChI=1S/C24H32N2O3S/c1-4-23(20-12-9-18(2)10-13-20)25-24(27)22-17-21(14-11-19(22)3)30(28,29)26-15-7-5-6-8-16-26/h9-14,17,23H,4-8,15-16H2,1-3H3,(H,25,27)/t23-/m1/s1. The molecule has 1 aliphatic heterocycles. The lowest BCUT2D eigenvalue weighted by atomic mass is 10.0. The Morgan fingerprint density at radius 3 is 2.23 bits per heavy atom. The summed E-state index contributed by atoms with van der Waals surface area (Å²) < 4.78 is 27.9. The lowest BCUT2D eigenvalue weighted by Crippen LogP contribution is -2.32. The summed E-state index contributed by atoms with van der Waals surface area (Å²) in [5, 5.41) is 3.08. The molecule has 0 spiro atoms. The fraction of sp³-hybridized carbons (Fsp3) is 0.458. The minimum absolute atomic E-state index is 0.122. The monoisotopic (exact) mass is 428 g/mol. The van der Waals surface area contributed by atoms with Crippen LogP contribution in [0, 0.1) is 13.8 Å². The Bertz CT molecular complexity index is 976. The molecule has 1 heterocycles. The van der Waals surface area contributed by atoms with Gasteiger partial charge in [-0.2, -0.15) is 4.31 Å². The number of hydrogen-bond donors (Lipinski definition) is 1. The van der Waals surface area contributed by atoms with Crippen LogP contribution < -0.4 is 5.32 Å². The van der Waals surface area contributed by atoms with Gasteiger partial charge in [0.05, 0.1) is 10.9 Å². The molecule has 0 saturated carbocycles. The van der Waals surface area contributed by atoms with Crippen molar-refractivity contribution in [3.8, 4) is 0 Å². The Kier molecular flexibility index (Phi) is 7.32. The Morgan fingerprint density at radius 1 is 1.00 bits per heavy atom. The average Bonchev–Trinajstić information content (AvgIpc) is 3.03. The highest BCUT2D eigenvalue weighted by molar-refractivity contribution is 7.89. The summed E-state index contributed by atoms with van der Waals surface area (Å²) in [6, 6.07) is 12.9. The van der Waals surface area contributed by atoms with E-state index in [0.717, 1.165) is 43.2 Å². The van der Waals surface area contributed by atoms with Gasteiger partial charge in [0.1, 0.15) is 0 Å². The largest absolute Gasteiger partial charge is 0.345 e. The summed E-state index contributed by atoms with van der Waals surface area (Å²) in [5.41, 5.74) is 3.39. The predicted molar refractivity (Wildman–Crippen MR) is 120 cm³/mol. The van der Waals surface area contributed by atoms with Gasteiger partial charge in [-0.25, -0.2) is 8.42 Å². The van der Waals surface area contributed by atoms with E-state index in [2.05, 4.69) is 5.32 Å². The van der Waals surface area contributed by atoms with Crippen LogP contribution in [0.3, 0.4) is 0 Å². The Balaban J connectivity index is 1.85. The van der Waals surface area contributed by atoms with Crippen LogP contribution >= 0.6 is 0 Å². The maximum Gasteiger partial charge on any atom is 0.252 e. The van der Waals surface area contributed by atoms with Gasteiger partial charge in [-0.3, -0.25) is 4.79 Å². The van der Waals surface area contributed by atoms with Gasteiger partial charge in [0.15, 0.2) is 0 Å². The zero-order valence-electron chi connectivity index (χ0n) is 18.1. The van der Waals surface area contributed by atoms with E-state index >= 15 is 0 Å². The lowest BCUT2D eigenvalue weighted by molar-refractivity contribution is 0.0934. The minimum Gasteiger partial charge on any atom is -0.345 e. The van der Waals surface area contributed by atoms with Crippen molar-refractivity contribution in [3.05, 3.63) is 64.7 Å². The van der Waals surface area contributed by atoms with Crippen LogP contribution in [0.15, 0.2) is 47.4 Å². The number of carbonyl (C=O) groups is 1. The number of sulfonamides is 1. The van der Waals surface area contributed by atoms with E-state index in [9.17, 15) is 13.2 Å². The maximum absolute atomic E-state index is 13.2. The highest BCUT2D eigenvalue weighted by Crippen LogP contribution is 2.24. The molecule has 1 saturated heterocycles. The molecule has 0 radical (unpaired) electrons.